The van der Waals surface area contributed by atoms with Crippen LogP contribution in [0.3, 0.4) is 0 Å². The average molecular weight is 434 g/mol. The molecule has 0 bridgehead atoms. The minimum Gasteiger partial charge on any atom is -0.496 e. The molecule has 7 heteroatoms. The molecule has 0 saturated carbocycles. The number of methoxy groups -OCH3 is 3. The van der Waals surface area contributed by atoms with Gasteiger partial charge in [-0.2, -0.15) is 5.10 Å². The van der Waals surface area contributed by atoms with Gasteiger partial charge in [0.05, 0.1) is 38.6 Å². The Balaban J connectivity index is 1.63. The van der Waals surface area contributed by atoms with Crippen molar-refractivity contribution in [1.29, 1.82) is 0 Å². The van der Waals surface area contributed by atoms with Gasteiger partial charge in [0, 0.05) is 18.1 Å². The monoisotopic (exact) mass is 434 g/mol. The summed E-state index contributed by atoms with van der Waals surface area (Å²) in [6.07, 6.45) is 0.139. The molecule has 0 radical (unpaired) electrons. The molecule has 2 atom stereocenters. The van der Waals surface area contributed by atoms with Crippen molar-refractivity contribution in [2.24, 2.45) is 5.10 Å². The van der Waals surface area contributed by atoms with Gasteiger partial charge in [0.15, 0.2) is 11.5 Å². The van der Waals surface area contributed by atoms with Crippen LogP contribution in [0.1, 0.15) is 35.4 Å². The van der Waals surface area contributed by atoms with E-state index in [9.17, 15) is 4.39 Å². The van der Waals surface area contributed by atoms with Crippen LogP contribution in [-0.2, 0) is 0 Å². The summed E-state index contributed by atoms with van der Waals surface area (Å²) < 4.78 is 36.5. The lowest BCUT2D eigenvalue weighted by molar-refractivity contribution is -0.0205. The predicted octanol–water partition coefficient (Wildman–Crippen LogP) is 5.09. The minimum atomic E-state index is -0.539. The van der Waals surface area contributed by atoms with E-state index in [1.54, 1.807) is 39.5 Å². The first-order valence-corrected chi connectivity index (χ1v) is 10.3. The maximum atomic E-state index is 13.5. The lowest BCUT2D eigenvalue weighted by atomic mass is 9.95. The van der Waals surface area contributed by atoms with Crippen LogP contribution in [0.2, 0.25) is 0 Å². The van der Waals surface area contributed by atoms with E-state index >= 15 is 0 Å². The van der Waals surface area contributed by atoms with E-state index in [1.165, 1.54) is 12.1 Å². The second-order valence-electron chi connectivity index (χ2n) is 7.61. The molecule has 2 aliphatic rings. The highest BCUT2D eigenvalue weighted by Crippen LogP contribution is 2.50. The number of ether oxygens (including phenoxy) is 4. The number of fused-ring (bicyclic) bond motifs is 3. The summed E-state index contributed by atoms with van der Waals surface area (Å²) in [7, 11) is 4.78. The molecule has 164 valence electrons. The van der Waals surface area contributed by atoms with Crippen molar-refractivity contribution in [2.75, 3.05) is 21.3 Å². The molecule has 0 N–H and O–H groups in total. The molecule has 3 aromatic rings. The standard InChI is InChI=1S/C25H23FN2O4/c1-29-22-14-24(31-3)23(30-2)12-18(22)25-28-20(17-6-4-5-7-21(17)32-25)13-19(27-28)15-8-10-16(26)11-9-15/h4-12,14,20,25H,13H2,1-3H3/t20-,25+/m1/s1. The molecule has 3 aromatic carbocycles. The lowest BCUT2D eigenvalue weighted by Crippen LogP contribution is -2.34. The van der Waals surface area contributed by atoms with Gasteiger partial charge in [-0.1, -0.05) is 30.3 Å². The number of hydrazone groups is 1. The van der Waals surface area contributed by atoms with E-state index in [1.807, 2.05) is 29.3 Å². The largest absolute Gasteiger partial charge is 0.496 e. The van der Waals surface area contributed by atoms with Crippen molar-refractivity contribution in [2.45, 2.75) is 18.7 Å². The molecule has 2 heterocycles. The van der Waals surface area contributed by atoms with Crippen LogP contribution in [0.5, 0.6) is 23.0 Å². The summed E-state index contributed by atoms with van der Waals surface area (Å²) in [5.41, 5.74) is 3.59. The van der Waals surface area contributed by atoms with Gasteiger partial charge in [0.1, 0.15) is 17.3 Å². The SMILES string of the molecule is COc1cc(OC)c([C@@H]2Oc3ccccc3[C@H]3CC(c4ccc(F)cc4)=NN32)cc1OC. The molecule has 32 heavy (non-hydrogen) atoms. The van der Waals surface area contributed by atoms with Gasteiger partial charge in [0.25, 0.3) is 0 Å². The highest BCUT2D eigenvalue weighted by Gasteiger charge is 2.42. The highest BCUT2D eigenvalue weighted by atomic mass is 19.1. The zero-order valence-electron chi connectivity index (χ0n) is 18.0. The number of nitrogens with zero attached hydrogens (tertiary/aromatic N) is 2. The number of hydrogen-bond acceptors (Lipinski definition) is 6. The molecule has 2 aliphatic heterocycles. The Morgan fingerprint density at radius 3 is 2.28 bits per heavy atom. The van der Waals surface area contributed by atoms with Crippen LogP contribution in [-0.4, -0.2) is 32.0 Å². The number of hydrogen-bond donors (Lipinski definition) is 0. The van der Waals surface area contributed by atoms with Crippen LogP contribution in [0, 0.1) is 5.82 Å². The second kappa shape index (κ2) is 8.07. The zero-order chi connectivity index (χ0) is 22.2. The summed E-state index contributed by atoms with van der Waals surface area (Å²) in [5.74, 6) is 2.27. The van der Waals surface area contributed by atoms with E-state index < -0.39 is 6.23 Å². The third kappa shape index (κ3) is 3.30. The van der Waals surface area contributed by atoms with E-state index in [0.29, 0.717) is 23.7 Å². The molecule has 0 aromatic heterocycles. The third-order valence-corrected chi connectivity index (χ3v) is 5.88. The molecule has 0 spiro atoms. The number of para-hydroxylation sites is 1. The molecule has 0 fully saturated rings. The Morgan fingerprint density at radius 1 is 0.875 bits per heavy atom. The summed E-state index contributed by atoms with van der Waals surface area (Å²) in [6, 6.07) is 18.0. The molecular weight excluding hydrogens is 411 g/mol. The van der Waals surface area contributed by atoms with Gasteiger partial charge in [-0.05, 0) is 29.8 Å². The first-order valence-electron chi connectivity index (χ1n) is 10.3. The van der Waals surface area contributed by atoms with E-state index in [0.717, 1.165) is 28.2 Å². The normalized spacial score (nSPS) is 18.9. The smallest absolute Gasteiger partial charge is 0.217 e. The van der Waals surface area contributed by atoms with E-state index in [4.69, 9.17) is 24.0 Å². The van der Waals surface area contributed by atoms with Gasteiger partial charge >= 0.3 is 0 Å². The predicted molar refractivity (Wildman–Crippen MR) is 118 cm³/mol. The topological polar surface area (TPSA) is 52.5 Å². The summed E-state index contributed by atoms with van der Waals surface area (Å²) >= 11 is 0. The van der Waals surface area contributed by atoms with Crippen molar-refractivity contribution >= 4 is 5.71 Å². The van der Waals surface area contributed by atoms with Crippen molar-refractivity contribution in [3.05, 3.63) is 83.2 Å². The zero-order valence-corrected chi connectivity index (χ0v) is 18.0. The van der Waals surface area contributed by atoms with E-state index in [-0.39, 0.29) is 11.9 Å². The van der Waals surface area contributed by atoms with Gasteiger partial charge in [-0.25, -0.2) is 9.40 Å². The molecule has 5 rings (SSSR count). The fourth-order valence-electron chi connectivity index (χ4n) is 4.30. The van der Waals surface area contributed by atoms with Crippen molar-refractivity contribution < 1.29 is 23.3 Å². The van der Waals surface area contributed by atoms with Crippen LogP contribution in [0.25, 0.3) is 0 Å². The van der Waals surface area contributed by atoms with E-state index in [2.05, 4.69) is 6.07 Å². The Kier molecular flexibility index (Phi) is 5.09. The van der Waals surface area contributed by atoms with Gasteiger partial charge in [-0.3, -0.25) is 0 Å². The fourth-order valence-corrected chi connectivity index (χ4v) is 4.30. The Hall–Kier alpha value is -3.74. The molecule has 0 unspecified atom stereocenters. The first-order chi connectivity index (χ1) is 15.6. The van der Waals surface area contributed by atoms with Gasteiger partial charge in [-0.15, -0.1) is 0 Å². The second-order valence-corrected chi connectivity index (χ2v) is 7.61. The quantitative estimate of drug-likeness (QED) is 0.560. The number of benzene rings is 3. The maximum absolute atomic E-state index is 13.5. The molecule has 0 aliphatic carbocycles. The lowest BCUT2D eigenvalue weighted by Gasteiger charge is -2.38. The Labute approximate surface area is 185 Å². The fraction of sp³-hybridized carbons (Fsp3) is 0.240. The molecule has 0 amide bonds. The van der Waals surface area contributed by atoms with Crippen LogP contribution < -0.4 is 18.9 Å². The van der Waals surface area contributed by atoms with Gasteiger partial charge in [0.2, 0.25) is 6.23 Å². The summed E-state index contributed by atoms with van der Waals surface area (Å²) in [4.78, 5) is 0. The first kappa shape index (κ1) is 20.2. The van der Waals surface area contributed by atoms with Gasteiger partial charge < -0.3 is 18.9 Å². The third-order valence-electron chi connectivity index (χ3n) is 5.88. The summed E-state index contributed by atoms with van der Waals surface area (Å²) in [6.45, 7) is 0. The highest BCUT2D eigenvalue weighted by molar-refractivity contribution is 6.01. The van der Waals surface area contributed by atoms with Crippen LogP contribution in [0.15, 0.2) is 65.8 Å². The minimum absolute atomic E-state index is 0.0252. The maximum Gasteiger partial charge on any atom is 0.217 e. The molecule has 6 nitrogen and oxygen atoms in total. The van der Waals surface area contributed by atoms with Crippen molar-refractivity contribution in [1.82, 2.24) is 5.01 Å². The summed E-state index contributed by atoms with van der Waals surface area (Å²) in [5, 5.41) is 6.86. The Bertz CT molecular complexity index is 1180. The van der Waals surface area contributed by atoms with Crippen molar-refractivity contribution in [3.8, 4) is 23.0 Å². The Morgan fingerprint density at radius 2 is 1.56 bits per heavy atom. The van der Waals surface area contributed by atoms with Crippen LogP contribution >= 0.6 is 0 Å². The van der Waals surface area contributed by atoms with Crippen LogP contribution in [0.4, 0.5) is 4.39 Å². The average Bonchev–Trinajstić information content (AvgIpc) is 3.29. The molecule has 0 saturated heterocycles. The van der Waals surface area contributed by atoms with Crippen molar-refractivity contribution in [3.63, 3.8) is 0 Å². The molecular formula is C25H23FN2O4. The number of rotatable bonds is 5. The number of halogens is 1.